The molecule has 2 unspecified atom stereocenters. The van der Waals surface area contributed by atoms with Crippen LogP contribution in [-0.4, -0.2) is 34.9 Å². The van der Waals surface area contributed by atoms with E-state index in [-0.39, 0.29) is 12.5 Å². The molecule has 4 nitrogen and oxygen atoms in total. The number of carbonyl (C=O) groups excluding carboxylic acids is 1. The van der Waals surface area contributed by atoms with E-state index >= 15 is 0 Å². The van der Waals surface area contributed by atoms with E-state index in [9.17, 15) is 15.0 Å². The van der Waals surface area contributed by atoms with E-state index in [0.29, 0.717) is 6.42 Å². The summed E-state index contributed by atoms with van der Waals surface area (Å²) >= 11 is 0. The lowest BCUT2D eigenvalue weighted by Crippen LogP contribution is -2.45. The molecule has 0 aromatic heterocycles. The second kappa shape index (κ2) is 45.7. The maximum Gasteiger partial charge on any atom is 0.220 e. The molecule has 3 N–H and O–H groups in total. The number of hydrogen-bond donors (Lipinski definition) is 3. The van der Waals surface area contributed by atoms with Crippen LogP contribution in [0, 0.1) is 0 Å². The van der Waals surface area contributed by atoms with Gasteiger partial charge in [0.15, 0.2) is 0 Å². The van der Waals surface area contributed by atoms with Crippen molar-refractivity contribution >= 4 is 5.91 Å². The van der Waals surface area contributed by atoms with Gasteiger partial charge in [0.25, 0.3) is 0 Å². The van der Waals surface area contributed by atoms with Crippen LogP contribution >= 0.6 is 0 Å². The Morgan fingerprint density at radius 1 is 0.426 bits per heavy atom. The third-order valence-corrected chi connectivity index (χ3v) is 10.8. The predicted molar refractivity (Wildman–Crippen MR) is 239 cm³/mol. The first-order chi connectivity index (χ1) is 26.7. The van der Waals surface area contributed by atoms with Crippen molar-refractivity contribution in [2.75, 3.05) is 6.61 Å². The van der Waals surface area contributed by atoms with Crippen molar-refractivity contribution < 1.29 is 15.0 Å². The van der Waals surface area contributed by atoms with E-state index < -0.39 is 12.1 Å². The molecule has 0 rings (SSSR count). The average Bonchev–Trinajstić information content (AvgIpc) is 3.18. The van der Waals surface area contributed by atoms with Crippen molar-refractivity contribution in [2.24, 2.45) is 0 Å². The SMILES string of the molecule is CCCC/C=C/CC/C=C/CC/C=C/C(O)C(CO)NC(=O)CCCCCCCCCCCCCCCC/C=C\CCCCCCCCCCCCCC. The average molecular weight is 756 g/mol. The van der Waals surface area contributed by atoms with Crippen LogP contribution in [0.5, 0.6) is 0 Å². The smallest absolute Gasteiger partial charge is 0.220 e. The van der Waals surface area contributed by atoms with Gasteiger partial charge in [0.1, 0.15) is 0 Å². The molecule has 316 valence electrons. The van der Waals surface area contributed by atoms with E-state index in [4.69, 9.17) is 0 Å². The molecule has 0 fully saturated rings. The second-order valence-electron chi connectivity index (χ2n) is 16.2. The molecule has 0 saturated carbocycles. The van der Waals surface area contributed by atoms with E-state index in [1.165, 1.54) is 186 Å². The summed E-state index contributed by atoms with van der Waals surface area (Å²) in [4.78, 5) is 12.4. The lowest BCUT2D eigenvalue weighted by atomic mass is 10.0. The molecule has 0 aliphatic carbocycles. The van der Waals surface area contributed by atoms with Crippen LogP contribution in [0.3, 0.4) is 0 Å². The van der Waals surface area contributed by atoms with Crippen LogP contribution in [-0.2, 0) is 4.79 Å². The minimum absolute atomic E-state index is 0.0785. The first kappa shape index (κ1) is 52.3. The summed E-state index contributed by atoms with van der Waals surface area (Å²) in [6.45, 7) is 4.25. The molecule has 0 aliphatic heterocycles. The number of rotatable bonds is 43. The maximum absolute atomic E-state index is 12.4. The highest BCUT2D eigenvalue weighted by Crippen LogP contribution is 2.15. The van der Waals surface area contributed by atoms with Crippen LogP contribution in [0.25, 0.3) is 0 Å². The molecule has 2 atom stereocenters. The number of nitrogens with one attached hydrogen (secondary N) is 1. The van der Waals surface area contributed by atoms with Gasteiger partial charge in [-0.3, -0.25) is 4.79 Å². The normalized spacial score (nSPS) is 13.3. The standard InChI is InChI=1S/C50H93NO3/c1-3-5-7-9-11-13-15-17-18-19-20-21-22-23-24-25-26-27-28-29-30-31-32-33-34-36-38-40-42-44-46-50(54)51-48(47-52)49(53)45-43-41-39-37-35-16-14-12-10-8-6-4-2/h10,12,23-24,35,37,43,45,48-49,52-53H,3-9,11,13-22,25-34,36,38-42,44,46-47H2,1-2H3,(H,51,54)/b12-10+,24-23-,37-35+,45-43+. The van der Waals surface area contributed by atoms with Crippen molar-refractivity contribution in [3.8, 4) is 0 Å². The largest absolute Gasteiger partial charge is 0.394 e. The van der Waals surface area contributed by atoms with Gasteiger partial charge in [-0.1, -0.05) is 223 Å². The predicted octanol–water partition coefficient (Wildman–Crippen LogP) is 15.1. The number of aliphatic hydroxyl groups excluding tert-OH is 2. The highest BCUT2D eigenvalue weighted by molar-refractivity contribution is 5.76. The molecule has 0 saturated heterocycles. The van der Waals surface area contributed by atoms with Gasteiger partial charge in [-0.25, -0.2) is 0 Å². The molecule has 0 aliphatic rings. The van der Waals surface area contributed by atoms with Crippen LogP contribution in [0.4, 0.5) is 0 Å². The molecule has 0 spiro atoms. The van der Waals surface area contributed by atoms with Gasteiger partial charge in [-0.15, -0.1) is 0 Å². The van der Waals surface area contributed by atoms with Gasteiger partial charge in [0.05, 0.1) is 18.8 Å². The van der Waals surface area contributed by atoms with E-state index in [1.807, 2.05) is 6.08 Å². The third-order valence-electron chi connectivity index (χ3n) is 10.8. The summed E-state index contributed by atoms with van der Waals surface area (Å²) in [5.41, 5.74) is 0. The molecule has 0 aromatic carbocycles. The topological polar surface area (TPSA) is 69.6 Å². The number of allylic oxidation sites excluding steroid dienone is 7. The highest BCUT2D eigenvalue weighted by Gasteiger charge is 2.17. The highest BCUT2D eigenvalue weighted by atomic mass is 16.3. The summed E-state index contributed by atoms with van der Waals surface area (Å²) in [6.07, 6.45) is 62.5. The first-order valence-corrected chi connectivity index (χ1v) is 23.9. The Kier molecular flexibility index (Phi) is 44.3. The van der Waals surface area contributed by atoms with Gasteiger partial charge in [0, 0.05) is 6.42 Å². The summed E-state index contributed by atoms with van der Waals surface area (Å²) < 4.78 is 0. The first-order valence-electron chi connectivity index (χ1n) is 23.9. The Morgan fingerprint density at radius 2 is 0.741 bits per heavy atom. The summed E-state index contributed by atoms with van der Waals surface area (Å²) in [5.74, 6) is -0.0785. The van der Waals surface area contributed by atoms with Crippen molar-refractivity contribution in [1.82, 2.24) is 5.32 Å². The maximum atomic E-state index is 12.4. The Balaban J connectivity index is 3.48. The van der Waals surface area contributed by atoms with Crippen LogP contribution < -0.4 is 5.32 Å². The zero-order chi connectivity index (χ0) is 39.3. The number of carbonyl (C=O) groups is 1. The summed E-state index contributed by atoms with van der Waals surface area (Å²) in [7, 11) is 0. The van der Waals surface area contributed by atoms with Gasteiger partial charge < -0.3 is 15.5 Å². The molecule has 0 heterocycles. The van der Waals surface area contributed by atoms with E-state index in [1.54, 1.807) is 6.08 Å². The minimum atomic E-state index is -0.868. The fourth-order valence-corrected chi connectivity index (χ4v) is 7.07. The molecule has 1 amide bonds. The van der Waals surface area contributed by atoms with Crippen molar-refractivity contribution in [3.63, 3.8) is 0 Å². The van der Waals surface area contributed by atoms with Crippen LogP contribution in [0.2, 0.25) is 0 Å². The fraction of sp³-hybridized carbons (Fsp3) is 0.820. The number of amides is 1. The zero-order valence-electron chi connectivity index (χ0n) is 36.2. The van der Waals surface area contributed by atoms with Gasteiger partial charge >= 0.3 is 0 Å². The van der Waals surface area contributed by atoms with Crippen molar-refractivity contribution in [2.45, 2.75) is 257 Å². The lowest BCUT2D eigenvalue weighted by molar-refractivity contribution is -0.123. The van der Waals surface area contributed by atoms with Crippen molar-refractivity contribution in [1.29, 1.82) is 0 Å². The molecule has 0 bridgehead atoms. The molecular formula is C50H93NO3. The fourth-order valence-electron chi connectivity index (χ4n) is 7.07. The second-order valence-corrected chi connectivity index (χ2v) is 16.2. The zero-order valence-corrected chi connectivity index (χ0v) is 36.2. The molecular weight excluding hydrogens is 663 g/mol. The van der Waals surface area contributed by atoms with Crippen molar-refractivity contribution in [3.05, 3.63) is 48.6 Å². The molecule has 0 radical (unpaired) electrons. The lowest BCUT2D eigenvalue weighted by Gasteiger charge is -2.19. The summed E-state index contributed by atoms with van der Waals surface area (Å²) in [6, 6.07) is -0.644. The van der Waals surface area contributed by atoms with Crippen LogP contribution in [0.1, 0.15) is 245 Å². The minimum Gasteiger partial charge on any atom is -0.394 e. The number of unbranched alkanes of at least 4 members (excludes halogenated alkanes) is 30. The Bertz CT molecular complexity index is 862. The van der Waals surface area contributed by atoms with Crippen LogP contribution in [0.15, 0.2) is 48.6 Å². The van der Waals surface area contributed by atoms with E-state index in [0.717, 1.165) is 38.5 Å². The van der Waals surface area contributed by atoms with Gasteiger partial charge in [-0.05, 0) is 64.2 Å². The number of hydrogen-bond acceptors (Lipinski definition) is 3. The monoisotopic (exact) mass is 756 g/mol. The quantitative estimate of drug-likeness (QED) is 0.0429. The Morgan fingerprint density at radius 3 is 1.13 bits per heavy atom. The summed E-state index contributed by atoms with van der Waals surface area (Å²) in [5, 5.41) is 22.9. The van der Waals surface area contributed by atoms with Gasteiger partial charge in [-0.2, -0.15) is 0 Å². The molecule has 4 heteroatoms. The molecule has 54 heavy (non-hydrogen) atoms. The molecule has 0 aromatic rings. The Hall–Kier alpha value is -1.65. The Labute approximate surface area is 337 Å². The van der Waals surface area contributed by atoms with Gasteiger partial charge in [0.2, 0.25) is 5.91 Å². The number of aliphatic hydroxyl groups is 2. The third kappa shape index (κ3) is 41.5. The van der Waals surface area contributed by atoms with E-state index in [2.05, 4.69) is 55.6 Å².